The maximum atomic E-state index is 12.7. The van der Waals surface area contributed by atoms with Crippen LogP contribution in [0.15, 0.2) is 122 Å². The lowest BCUT2D eigenvalue weighted by atomic mass is 10.1. The molecule has 0 spiro atoms. The maximum Gasteiger partial charge on any atom is 0.472 e. The number of ether oxygens (including phenoxy) is 2. The molecule has 3 atom stereocenters. The topological polar surface area (TPSA) is 129 Å². The Hall–Kier alpha value is -3.63. The molecule has 0 saturated heterocycles. The molecule has 61 heavy (non-hydrogen) atoms. The van der Waals surface area contributed by atoms with Crippen LogP contribution in [0.25, 0.3) is 0 Å². The average Bonchev–Trinajstić information content (AvgIpc) is 3.21. The lowest BCUT2D eigenvalue weighted by molar-refractivity contribution is -0.870. The Morgan fingerprint density at radius 3 is 1.61 bits per heavy atom. The van der Waals surface area contributed by atoms with E-state index in [1.807, 2.05) is 52.4 Å². The highest BCUT2D eigenvalue weighted by atomic mass is 31.2. The molecule has 0 saturated carbocycles. The summed E-state index contributed by atoms with van der Waals surface area (Å²) in [6.07, 6.45) is 53.5. The van der Waals surface area contributed by atoms with Crippen molar-refractivity contribution in [1.82, 2.24) is 0 Å². The molecule has 0 fully saturated rings. The fourth-order valence-corrected chi connectivity index (χ4v) is 5.77. The number of phosphoric acid groups is 1. The first-order valence-electron chi connectivity index (χ1n) is 22.4. The molecule has 11 heteroatoms. The number of esters is 2. The predicted molar refractivity (Wildman–Crippen MR) is 253 cm³/mol. The van der Waals surface area contributed by atoms with E-state index >= 15 is 0 Å². The third-order valence-electron chi connectivity index (χ3n) is 8.64. The van der Waals surface area contributed by atoms with Gasteiger partial charge in [-0.3, -0.25) is 18.6 Å². The number of aliphatic hydroxyl groups excluding tert-OH is 1. The SMILES string of the molecule is CC/C=C\C/C=C\C/C=C\C/C=C\C/C=C\CCCCCC(=O)O[C@H](COC(=O)CCC/C=C\C/C=C\C/C=C\C/C=C\C=C\[C@@H](O)CC)COP(=O)(O)OCC[N+](C)(C)C. The van der Waals surface area contributed by atoms with Gasteiger partial charge in [-0.2, -0.15) is 0 Å². The number of likely N-dealkylation sites (N-methyl/N-ethyl adjacent to an activating group) is 1. The van der Waals surface area contributed by atoms with Crippen LogP contribution in [0.2, 0.25) is 0 Å². The molecule has 0 heterocycles. The lowest BCUT2D eigenvalue weighted by Crippen LogP contribution is -2.37. The fraction of sp³-hybridized carbons (Fsp3) is 0.560. The van der Waals surface area contributed by atoms with E-state index in [1.165, 1.54) is 0 Å². The van der Waals surface area contributed by atoms with Crippen molar-refractivity contribution in [2.75, 3.05) is 47.5 Å². The molecule has 344 valence electrons. The number of nitrogens with zero attached hydrogens (tertiary/aromatic N) is 1. The number of aliphatic hydroxyl groups is 1. The molecule has 0 amide bonds. The summed E-state index contributed by atoms with van der Waals surface area (Å²) in [7, 11) is 1.38. The minimum Gasteiger partial charge on any atom is -0.462 e. The van der Waals surface area contributed by atoms with Gasteiger partial charge in [0.15, 0.2) is 6.10 Å². The summed E-state index contributed by atoms with van der Waals surface area (Å²) in [6.45, 7) is 3.82. The number of phosphoric ester groups is 1. The van der Waals surface area contributed by atoms with Gasteiger partial charge in [0.05, 0.1) is 33.9 Å². The van der Waals surface area contributed by atoms with Crippen molar-refractivity contribution in [3.05, 3.63) is 122 Å². The summed E-state index contributed by atoms with van der Waals surface area (Å²) >= 11 is 0. The lowest BCUT2D eigenvalue weighted by Gasteiger charge is -2.24. The van der Waals surface area contributed by atoms with Gasteiger partial charge in [-0.15, -0.1) is 0 Å². The van der Waals surface area contributed by atoms with Crippen molar-refractivity contribution in [3.8, 4) is 0 Å². The zero-order valence-corrected chi connectivity index (χ0v) is 39.1. The Kier molecular flexibility index (Phi) is 38.0. The zero-order valence-electron chi connectivity index (χ0n) is 38.2. The molecular weight excluding hydrogens is 790 g/mol. The largest absolute Gasteiger partial charge is 0.472 e. The fourth-order valence-electron chi connectivity index (χ4n) is 5.03. The Bertz CT molecular complexity index is 1460. The van der Waals surface area contributed by atoms with Gasteiger partial charge in [-0.1, -0.05) is 142 Å². The molecule has 0 aliphatic rings. The quantitative estimate of drug-likeness (QED) is 0.0156. The minimum absolute atomic E-state index is 0.00211. The second kappa shape index (κ2) is 40.4. The van der Waals surface area contributed by atoms with Gasteiger partial charge in [-0.25, -0.2) is 4.57 Å². The Morgan fingerprint density at radius 2 is 1.08 bits per heavy atom. The summed E-state index contributed by atoms with van der Waals surface area (Å²) in [5.74, 6) is -0.939. The van der Waals surface area contributed by atoms with Crippen molar-refractivity contribution in [1.29, 1.82) is 0 Å². The first-order chi connectivity index (χ1) is 29.4. The van der Waals surface area contributed by atoms with Gasteiger partial charge in [0.2, 0.25) is 0 Å². The molecule has 0 radical (unpaired) electrons. The molecular formula is C50H81NO9P+. The maximum absolute atomic E-state index is 12.7. The Labute approximate surface area is 370 Å². The van der Waals surface area contributed by atoms with Gasteiger partial charge in [0.25, 0.3) is 0 Å². The summed E-state index contributed by atoms with van der Waals surface area (Å²) < 4.78 is 34.2. The third kappa shape index (κ3) is 44.2. The van der Waals surface area contributed by atoms with Crippen LogP contribution in [0.1, 0.15) is 123 Å². The number of unbranched alkanes of at least 4 members (excludes halogenated alkanes) is 4. The van der Waals surface area contributed by atoms with Gasteiger partial charge in [-0.05, 0) is 89.9 Å². The van der Waals surface area contributed by atoms with Crippen molar-refractivity contribution in [2.24, 2.45) is 0 Å². The summed E-state index contributed by atoms with van der Waals surface area (Å²) in [6, 6.07) is 0. The van der Waals surface area contributed by atoms with E-state index in [4.69, 9.17) is 18.5 Å². The number of allylic oxidation sites excluding steroid dienone is 19. The number of quaternary nitrogens is 1. The number of hydrogen-bond acceptors (Lipinski definition) is 8. The standard InChI is InChI=1S/C50H80NO9P/c1-6-8-9-10-11-12-13-14-15-16-17-18-19-24-27-30-33-36-39-42-50(54)60-48(46-59-61(55,56)58-44-43-51(3,4)5)45-57-49(53)41-38-35-32-29-26-23-21-20-22-25-28-31-34-37-40-47(52)7-2/h8-9,11-12,14-15,17-18,21-25,27,29,31-32,34,37,40,47-48,52H,6-7,10,13,16,19-20,26,28,30,33,35-36,38-39,41-46H2,1-5H3/p+1/b9-8-,12-11-,15-14-,18-17-,23-21-,25-22-,27-24-,32-29-,34-31-,40-37+/t47-,48+/m0/s1. The number of carbonyl (C=O) groups excluding carboxylic acids is 2. The number of rotatable bonds is 38. The van der Waals surface area contributed by atoms with Crippen LogP contribution in [-0.4, -0.2) is 86.1 Å². The van der Waals surface area contributed by atoms with E-state index in [1.54, 1.807) is 6.08 Å². The van der Waals surface area contributed by atoms with Crippen molar-refractivity contribution in [2.45, 2.75) is 135 Å². The van der Waals surface area contributed by atoms with Gasteiger partial charge >= 0.3 is 19.8 Å². The second-order valence-corrected chi connectivity index (χ2v) is 17.0. The van der Waals surface area contributed by atoms with Crippen LogP contribution in [0, 0.1) is 0 Å². The van der Waals surface area contributed by atoms with Crippen LogP contribution in [0.4, 0.5) is 0 Å². The average molecular weight is 871 g/mol. The molecule has 0 bridgehead atoms. The molecule has 1 unspecified atom stereocenters. The predicted octanol–water partition coefficient (Wildman–Crippen LogP) is 11.9. The highest BCUT2D eigenvalue weighted by Gasteiger charge is 2.27. The Morgan fingerprint density at radius 1 is 0.590 bits per heavy atom. The van der Waals surface area contributed by atoms with E-state index in [9.17, 15) is 24.2 Å². The highest BCUT2D eigenvalue weighted by Crippen LogP contribution is 2.43. The first kappa shape index (κ1) is 57.4. The van der Waals surface area contributed by atoms with Gasteiger partial charge < -0.3 is 24.0 Å². The van der Waals surface area contributed by atoms with Crippen molar-refractivity contribution < 1.29 is 47.2 Å². The normalized spacial score (nSPS) is 15.2. The highest BCUT2D eigenvalue weighted by molar-refractivity contribution is 7.47. The second-order valence-electron chi connectivity index (χ2n) is 15.5. The molecule has 0 rings (SSSR count). The first-order valence-corrected chi connectivity index (χ1v) is 23.9. The van der Waals surface area contributed by atoms with Gasteiger partial charge in [0.1, 0.15) is 19.8 Å². The summed E-state index contributed by atoms with van der Waals surface area (Å²) in [5.41, 5.74) is 0. The van der Waals surface area contributed by atoms with Crippen molar-refractivity contribution in [3.63, 3.8) is 0 Å². The third-order valence-corrected chi connectivity index (χ3v) is 9.63. The molecule has 0 aromatic carbocycles. The van der Waals surface area contributed by atoms with Crippen molar-refractivity contribution >= 4 is 19.8 Å². The summed E-state index contributed by atoms with van der Waals surface area (Å²) in [4.78, 5) is 35.4. The van der Waals surface area contributed by atoms with Gasteiger partial charge in [0, 0.05) is 12.8 Å². The minimum atomic E-state index is -4.42. The molecule has 10 nitrogen and oxygen atoms in total. The van der Waals surface area contributed by atoms with E-state index in [2.05, 4.69) is 98.1 Å². The summed E-state index contributed by atoms with van der Waals surface area (Å²) in [5, 5.41) is 9.48. The Balaban J connectivity index is 4.56. The van der Waals surface area contributed by atoms with Crippen LogP contribution in [0.5, 0.6) is 0 Å². The number of hydrogen-bond donors (Lipinski definition) is 2. The smallest absolute Gasteiger partial charge is 0.462 e. The van der Waals surface area contributed by atoms with Crippen LogP contribution in [0.3, 0.4) is 0 Å². The van der Waals surface area contributed by atoms with Crippen LogP contribution < -0.4 is 0 Å². The zero-order chi connectivity index (χ0) is 45.1. The molecule has 0 aliphatic heterocycles. The molecule has 0 aromatic heterocycles. The molecule has 0 aromatic rings. The molecule has 0 aliphatic carbocycles. The van der Waals surface area contributed by atoms with Crippen LogP contribution in [-0.2, 0) is 32.7 Å². The van der Waals surface area contributed by atoms with Crippen LogP contribution >= 0.6 is 7.82 Å². The van der Waals surface area contributed by atoms with E-state index in [-0.39, 0.29) is 32.2 Å². The van der Waals surface area contributed by atoms with E-state index in [0.717, 1.165) is 70.6 Å². The monoisotopic (exact) mass is 871 g/mol. The number of carbonyl (C=O) groups is 2. The van der Waals surface area contributed by atoms with E-state index < -0.39 is 32.5 Å². The van der Waals surface area contributed by atoms with E-state index in [0.29, 0.717) is 36.7 Å². The molecule has 2 N–H and O–H groups in total.